The third-order valence-corrected chi connectivity index (χ3v) is 6.33. The second-order valence-electron chi connectivity index (χ2n) is 7.82. The smallest absolute Gasteiger partial charge is 0.0710 e. The second kappa shape index (κ2) is 5.26. The summed E-state index contributed by atoms with van der Waals surface area (Å²) < 4.78 is 6.50. The standard InChI is InChI=1S/C17H30N2O/c1-2-7-16(6-1)14-19(12-11-18-16)13-15-5-10-17(20-15)8-3-4-9-17/h15,18H,1-14H2. The van der Waals surface area contributed by atoms with E-state index >= 15 is 0 Å². The highest BCUT2D eigenvalue weighted by atomic mass is 16.5. The van der Waals surface area contributed by atoms with Gasteiger partial charge < -0.3 is 10.1 Å². The van der Waals surface area contributed by atoms with Gasteiger partial charge in [-0.15, -0.1) is 0 Å². The Hall–Kier alpha value is -0.120. The Morgan fingerprint density at radius 2 is 1.75 bits per heavy atom. The van der Waals surface area contributed by atoms with Crippen LogP contribution < -0.4 is 5.32 Å². The number of nitrogens with one attached hydrogen (secondary N) is 1. The lowest BCUT2D eigenvalue weighted by molar-refractivity contribution is -0.0517. The Labute approximate surface area is 123 Å². The zero-order valence-electron chi connectivity index (χ0n) is 12.8. The average molecular weight is 278 g/mol. The number of ether oxygens (including phenoxy) is 1. The minimum absolute atomic E-state index is 0.309. The Kier molecular flexibility index (Phi) is 3.56. The van der Waals surface area contributed by atoms with Crippen LogP contribution in [-0.4, -0.2) is 48.3 Å². The molecule has 0 aromatic heterocycles. The fourth-order valence-corrected chi connectivity index (χ4v) is 5.28. The largest absolute Gasteiger partial charge is 0.370 e. The van der Waals surface area contributed by atoms with Gasteiger partial charge in [0, 0.05) is 31.7 Å². The van der Waals surface area contributed by atoms with Crippen LogP contribution in [0.5, 0.6) is 0 Å². The third-order valence-electron chi connectivity index (χ3n) is 6.33. The van der Waals surface area contributed by atoms with Crippen LogP contribution in [-0.2, 0) is 4.74 Å². The van der Waals surface area contributed by atoms with Crippen LogP contribution in [0.2, 0.25) is 0 Å². The van der Waals surface area contributed by atoms with Crippen molar-refractivity contribution in [1.82, 2.24) is 10.2 Å². The minimum atomic E-state index is 0.309. The van der Waals surface area contributed by atoms with Crippen LogP contribution in [0.4, 0.5) is 0 Å². The van der Waals surface area contributed by atoms with E-state index in [1.807, 2.05) is 0 Å². The SMILES string of the molecule is C1CCC2(C1)CN(CC1CCC3(CCCC3)O1)CCN2. The van der Waals surface area contributed by atoms with Crippen molar-refractivity contribution in [3.63, 3.8) is 0 Å². The van der Waals surface area contributed by atoms with Gasteiger partial charge in [-0.1, -0.05) is 25.7 Å². The Morgan fingerprint density at radius 1 is 1.00 bits per heavy atom. The molecule has 2 aliphatic carbocycles. The van der Waals surface area contributed by atoms with Crippen molar-refractivity contribution in [2.75, 3.05) is 26.2 Å². The normalized spacial score (nSPS) is 36.3. The summed E-state index contributed by atoms with van der Waals surface area (Å²) >= 11 is 0. The molecule has 0 radical (unpaired) electrons. The van der Waals surface area contributed by atoms with Crippen molar-refractivity contribution in [3.8, 4) is 0 Å². The van der Waals surface area contributed by atoms with Gasteiger partial charge in [-0.3, -0.25) is 4.90 Å². The van der Waals surface area contributed by atoms with E-state index in [4.69, 9.17) is 4.74 Å². The first-order valence-electron chi connectivity index (χ1n) is 8.93. The van der Waals surface area contributed by atoms with Crippen LogP contribution in [0, 0.1) is 0 Å². The first kappa shape index (κ1) is 13.5. The second-order valence-corrected chi connectivity index (χ2v) is 7.82. The Bertz CT molecular complexity index is 345. The van der Waals surface area contributed by atoms with E-state index in [-0.39, 0.29) is 0 Å². The first-order chi connectivity index (χ1) is 9.78. The summed E-state index contributed by atoms with van der Waals surface area (Å²) in [7, 11) is 0. The molecule has 2 heterocycles. The molecule has 0 aromatic rings. The summed E-state index contributed by atoms with van der Waals surface area (Å²) in [4.78, 5) is 2.69. The molecule has 2 saturated heterocycles. The quantitative estimate of drug-likeness (QED) is 0.840. The molecule has 4 fully saturated rings. The van der Waals surface area contributed by atoms with E-state index in [1.54, 1.807) is 0 Å². The van der Waals surface area contributed by atoms with Crippen molar-refractivity contribution in [3.05, 3.63) is 0 Å². The molecule has 0 amide bonds. The maximum atomic E-state index is 6.50. The van der Waals surface area contributed by atoms with Gasteiger partial charge in [0.2, 0.25) is 0 Å². The van der Waals surface area contributed by atoms with Crippen molar-refractivity contribution >= 4 is 0 Å². The molecule has 2 saturated carbocycles. The molecular formula is C17H30N2O. The van der Waals surface area contributed by atoms with Gasteiger partial charge in [-0.25, -0.2) is 0 Å². The molecular weight excluding hydrogens is 248 g/mol. The highest BCUT2D eigenvalue weighted by Crippen LogP contribution is 2.43. The molecule has 4 aliphatic rings. The van der Waals surface area contributed by atoms with E-state index in [0.29, 0.717) is 17.2 Å². The van der Waals surface area contributed by atoms with Crippen molar-refractivity contribution in [1.29, 1.82) is 0 Å². The van der Waals surface area contributed by atoms with Crippen LogP contribution >= 0.6 is 0 Å². The average Bonchev–Trinajstić information content (AvgIpc) is 3.16. The van der Waals surface area contributed by atoms with E-state index < -0.39 is 0 Å². The maximum absolute atomic E-state index is 6.50. The molecule has 1 atom stereocenters. The summed E-state index contributed by atoms with van der Waals surface area (Å²) in [6.07, 6.45) is 14.2. The monoisotopic (exact) mass is 278 g/mol. The maximum Gasteiger partial charge on any atom is 0.0710 e. The number of nitrogens with zero attached hydrogens (tertiary/aromatic N) is 1. The number of rotatable bonds is 2. The Morgan fingerprint density at radius 3 is 2.55 bits per heavy atom. The molecule has 1 N–H and O–H groups in total. The summed E-state index contributed by atoms with van der Waals surface area (Å²) in [6, 6.07) is 0. The van der Waals surface area contributed by atoms with Gasteiger partial charge in [0.1, 0.15) is 0 Å². The van der Waals surface area contributed by atoms with Gasteiger partial charge >= 0.3 is 0 Å². The van der Waals surface area contributed by atoms with Crippen LogP contribution in [0.1, 0.15) is 64.2 Å². The molecule has 2 aliphatic heterocycles. The molecule has 20 heavy (non-hydrogen) atoms. The lowest BCUT2D eigenvalue weighted by Gasteiger charge is -2.42. The Balaban J connectivity index is 1.33. The lowest BCUT2D eigenvalue weighted by atomic mass is 9.94. The summed E-state index contributed by atoms with van der Waals surface area (Å²) in [5, 5.41) is 3.82. The molecule has 1 unspecified atom stereocenters. The molecule has 4 rings (SSSR count). The zero-order chi connectivity index (χ0) is 13.5. The van der Waals surface area contributed by atoms with Crippen LogP contribution in [0.3, 0.4) is 0 Å². The summed E-state index contributed by atoms with van der Waals surface area (Å²) in [5.41, 5.74) is 0.769. The number of piperazine rings is 1. The number of hydrogen-bond acceptors (Lipinski definition) is 3. The third kappa shape index (κ3) is 2.53. The van der Waals surface area contributed by atoms with Crippen LogP contribution in [0.15, 0.2) is 0 Å². The predicted molar refractivity (Wildman–Crippen MR) is 80.9 cm³/mol. The van der Waals surface area contributed by atoms with Crippen LogP contribution in [0.25, 0.3) is 0 Å². The molecule has 3 nitrogen and oxygen atoms in total. The van der Waals surface area contributed by atoms with Gasteiger partial charge in [-0.05, 0) is 38.5 Å². The van der Waals surface area contributed by atoms with Gasteiger partial charge in [-0.2, -0.15) is 0 Å². The fourth-order valence-electron chi connectivity index (χ4n) is 5.28. The molecule has 0 bridgehead atoms. The number of hydrogen-bond donors (Lipinski definition) is 1. The molecule has 2 spiro atoms. The molecule has 114 valence electrons. The fraction of sp³-hybridized carbons (Fsp3) is 1.00. The highest BCUT2D eigenvalue weighted by Gasteiger charge is 2.44. The van der Waals surface area contributed by atoms with E-state index in [2.05, 4.69) is 10.2 Å². The minimum Gasteiger partial charge on any atom is -0.370 e. The van der Waals surface area contributed by atoms with E-state index in [0.717, 1.165) is 0 Å². The van der Waals surface area contributed by atoms with Gasteiger partial charge in [0.25, 0.3) is 0 Å². The first-order valence-corrected chi connectivity index (χ1v) is 8.93. The summed E-state index contributed by atoms with van der Waals surface area (Å²) in [6.45, 7) is 4.84. The predicted octanol–water partition coefficient (Wildman–Crippen LogP) is 2.70. The molecule has 3 heteroatoms. The van der Waals surface area contributed by atoms with Gasteiger partial charge in [0.15, 0.2) is 0 Å². The van der Waals surface area contributed by atoms with E-state index in [1.165, 1.54) is 90.4 Å². The zero-order valence-corrected chi connectivity index (χ0v) is 12.8. The highest BCUT2D eigenvalue weighted by molar-refractivity contribution is 4.99. The lowest BCUT2D eigenvalue weighted by Crippen LogP contribution is -2.59. The van der Waals surface area contributed by atoms with Crippen molar-refractivity contribution < 1.29 is 4.74 Å². The van der Waals surface area contributed by atoms with Gasteiger partial charge in [0.05, 0.1) is 11.7 Å². The van der Waals surface area contributed by atoms with Crippen molar-refractivity contribution in [2.24, 2.45) is 0 Å². The summed E-state index contributed by atoms with van der Waals surface area (Å²) in [5.74, 6) is 0. The van der Waals surface area contributed by atoms with E-state index in [9.17, 15) is 0 Å². The van der Waals surface area contributed by atoms with Crippen molar-refractivity contribution in [2.45, 2.75) is 81.5 Å². The topological polar surface area (TPSA) is 24.5 Å². The molecule has 0 aromatic carbocycles.